The molecule has 2 aromatic rings. The zero-order chi connectivity index (χ0) is 20.4. The first-order valence-electron chi connectivity index (χ1n) is 10.1. The quantitative estimate of drug-likeness (QED) is 0.773. The summed E-state index contributed by atoms with van der Waals surface area (Å²) in [4.78, 5) is 26.8. The molecule has 2 aliphatic heterocycles. The minimum absolute atomic E-state index is 0.0346. The number of likely N-dealkylation sites (N-methyl/N-ethyl adjacent to an activating group) is 1. The van der Waals surface area contributed by atoms with Crippen LogP contribution in [0.1, 0.15) is 41.5 Å². The molecule has 1 amide bonds. The van der Waals surface area contributed by atoms with E-state index in [4.69, 9.17) is 14.5 Å². The van der Waals surface area contributed by atoms with Crippen molar-refractivity contribution >= 4 is 5.91 Å². The Labute approximate surface area is 171 Å². The van der Waals surface area contributed by atoms with Crippen LogP contribution in [0.2, 0.25) is 0 Å². The van der Waals surface area contributed by atoms with Crippen molar-refractivity contribution in [3.63, 3.8) is 0 Å². The molecule has 1 saturated heterocycles. The van der Waals surface area contributed by atoms with Crippen LogP contribution in [-0.2, 0) is 24.2 Å². The number of nitrogens with zero attached hydrogens (tertiary/aromatic N) is 4. The lowest BCUT2D eigenvalue weighted by molar-refractivity contribution is -0.131. The molecule has 1 fully saturated rings. The lowest BCUT2D eigenvalue weighted by Crippen LogP contribution is -2.33. The fraction of sp³-hybridized carbons (Fsp3) is 0.500. The largest absolute Gasteiger partial charge is 0.493 e. The molecular formula is C22H28N4O3. The first-order valence-corrected chi connectivity index (χ1v) is 10.1. The highest BCUT2D eigenvalue weighted by atomic mass is 16.5. The van der Waals surface area contributed by atoms with E-state index in [0.717, 1.165) is 56.0 Å². The Morgan fingerprint density at radius 2 is 2.03 bits per heavy atom. The Kier molecular flexibility index (Phi) is 5.67. The van der Waals surface area contributed by atoms with E-state index in [0.29, 0.717) is 17.9 Å². The maximum absolute atomic E-state index is 13.1. The van der Waals surface area contributed by atoms with Gasteiger partial charge in [0.15, 0.2) is 17.3 Å². The van der Waals surface area contributed by atoms with Crippen molar-refractivity contribution in [2.45, 2.75) is 38.3 Å². The zero-order valence-electron chi connectivity index (χ0n) is 17.4. The summed E-state index contributed by atoms with van der Waals surface area (Å²) in [7, 11) is 5.32. The van der Waals surface area contributed by atoms with Crippen LogP contribution in [0.4, 0.5) is 0 Å². The second kappa shape index (κ2) is 8.37. The van der Waals surface area contributed by atoms with Gasteiger partial charge in [0.1, 0.15) is 0 Å². The van der Waals surface area contributed by atoms with Gasteiger partial charge in [-0.2, -0.15) is 0 Å². The topological polar surface area (TPSA) is 67.8 Å². The Bertz CT molecular complexity index is 902. The number of fused-ring (bicyclic) bond motifs is 1. The third kappa shape index (κ3) is 4.05. The molecule has 0 N–H and O–H groups in total. The van der Waals surface area contributed by atoms with Gasteiger partial charge in [0.25, 0.3) is 0 Å². The molecule has 29 heavy (non-hydrogen) atoms. The second-order valence-electron chi connectivity index (χ2n) is 7.80. The van der Waals surface area contributed by atoms with Crippen molar-refractivity contribution in [3.05, 3.63) is 47.0 Å². The van der Waals surface area contributed by atoms with Crippen molar-refractivity contribution in [1.82, 2.24) is 19.8 Å². The molecule has 0 bridgehead atoms. The highest BCUT2D eigenvalue weighted by molar-refractivity contribution is 5.79. The summed E-state index contributed by atoms with van der Waals surface area (Å²) >= 11 is 0. The first-order chi connectivity index (χ1) is 14.1. The second-order valence-corrected chi connectivity index (χ2v) is 7.80. The van der Waals surface area contributed by atoms with E-state index in [1.807, 2.05) is 29.3 Å². The van der Waals surface area contributed by atoms with Crippen LogP contribution < -0.4 is 9.47 Å². The molecule has 0 radical (unpaired) electrons. The summed E-state index contributed by atoms with van der Waals surface area (Å²) in [6.45, 7) is 2.65. The number of carbonyl (C=O) groups excluding carboxylic acids is 1. The molecule has 2 aliphatic rings. The molecule has 3 heterocycles. The van der Waals surface area contributed by atoms with E-state index in [1.54, 1.807) is 14.2 Å². The zero-order valence-corrected chi connectivity index (χ0v) is 17.4. The van der Waals surface area contributed by atoms with Crippen LogP contribution in [0.5, 0.6) is 11.5 Å². The third-order valence-electron chi connectivity index (χ3n) is 5.82. The van der Waals surface area contributed by atoms with Gasteiger partial charge < -0.3 is 19.3 Å². The smallest absolute Gasteiger partial charge is 0.227 e. The van der Waals surface area contributed by atoms with E-state index >= 15 is 0 Å². The third-order valence-corrected chi connectivity index (χ3v) is 5.82. The van der Waals surface area contributed by atoms with E-state index in [1.165, 1.54) is 5.56 Å². The monoisotopic (exact) mass is 396 g/mol. The van der Waals surface area contributed by atoms with Gasteiger partial charge in [-0.05, 0) is 37.6 Å². The van der Waals surface area contributed by atoms with Crippen LogP contribution in [0, 0.1) is 0 Å². The van der Waals surface area contributed by atoms with Crippen molar-refractivity contribution in [2.75, 3.05) is 34.4 Å². The number of benzene rings is 1. The highest BCUT2D eigenvalue weighted by Crippen LogP contribution is 2.32. The molecular weight excluding hydrogens is 368 g/mol. The molecule has 0 aliphatic carbocycles. The van der Waals surface area contributed by atoms with Crippen LogP contribution in [-0.4, -0.2) is 60.0 Å². The fourth-order valence-corrected chi connectivity index (χ4v) is 4.23. The van der Waals surface area contributed by atoms with Gasteiger partial charge >= 0.3 is 0 Å². The average Bonchev–Trinajstić information content (AvgIpc) is 3.23. The van der Waals surface area contributed by atoms with Gasteiger partial charge in [-0.3, -0.25) is 4.79 Å². The minimum atomic E-state index is -0.0346. The lowest BCUT2D eigenvalue weighted by atomic mass is 10.1. The molecule has 4 rings (SSSR count). The van der Waals surface area contributed by atoms with Crippen LogP contribution in [0.15, 0.2) is 24.4 Å². The Morgan fingerprint density at radius 1 is 1.21 bits per heavy atom. The summed E-state index contributed by atoms with van der Waals surface area (Å²) in [6.07, 6.45) is 5.10. The van der Waals surface area contributed by atoms with Crippen molar-refractivity contribution in [1.29, 1.82) is 0 Å². The summed E-state index contributed by atoms with van der Waals surface area (Å²) in [6, 6.07) is 5.59. The maximum Gasteiger partial charge on any atom is 0.227 e. The summed E-state index contributed by atoms with van der Waals surface area (Å²) in [5.41, 5.74) is 3.24. The van der Waals surface area contributed by atoms with E-state index in [2.05, 4.69) is 16.9 Å². The van der Waals surface area contributed by atoms with Gasteiger partial charge in [-0.25, -0.2) is 9.97 Å². The van der Waals surface area contributed by atoms with Crippen molar-refractivity contribution in [2.24, 2.45) is 0 Å². The molecule has 0 saturated carbocycles. The number of methoxy groups -OCH3 is 2. The van der Waals surface area contributed by atoms with Gasteiger partial charge in [0.2, 0.25) is 5.91 Å². The molecule has 1 aromatic carbocycles. The van der Waals surface area contributed by atoms with Crippen LogP contribution in [0.25, 0.3) is 0 Å². The van der Waals surface area contributed by atoms with Gasteiger partial charge in [-0.15, -0.1) is 0 Å². The number of ether oxygens (including phenoxy) is 2. The fourth-order valence-electron chi connectivity index (χ4n) is 4.23. The van der Waals surface area contributed by atoms with E-state index in [9.17, 15) is 4.79 Å². The van der Waals surface area contributed by atoms with Gasteiger partial charge in [-0.1, -0.05) is 6.07 Å². The number of likely N-dealkylation sites (tertiary alicyclic amines) is 1. The summed E-state index contributed by atoms with van der Waals surface area (Å²) in [5, 5.41) is 0. The number of hydrogen-bond donors (Lipinski definition) is 0. The Balaban J connectivity index is 1.50. The summed E-state index contributed by atoms with van der Waals surface area (Å²) < 4.78 is 10.6. The van der Waals surface area contributed by atoms with Crippen LogP contribution in [0.3, 0.4) is 0 Å². The normalized spacial score (nSPS) is 19.1. The SMILES string of the molecule is COc1ccc(CC(=O)N2CCCC2c2ncc3c(n2)CCN(C)C3)cc1OC. The lowest BCUT2D eigenvalue weighted by Gasteiger charge is -2.27. The number of rotatable bonds is 5. The van der Waals surface area contributed by atoms with E-state index < -0.39 is 0 Å². The van der Waals surface area contributed by atoms with Gasteiger partial charge in [0.05, 0.1) is 26.7 Å². The molecule has 7 nitrogen and oxygen atoms in total. The number of aromatic nitrogens is 2. The molecule has 1 atom stereocenters. The number of hydrogen-bond acceptors (Lipinski definition) is 6. The Morgan fingerprint density at radius 3 is 2.83 bits per heavy atom. The summed E-state index contributed by atoms with van der Waals surface area (Å²) in [5.74, 6) is 2.18. The maximum atomic E-state index is 13.1. The Hall–Kier alpha value is -2.67. The van der Waals surface area contributed by atoms with Crippen LogP contribution >= 0.6 is 0 Å². The number of amides is 1. The van der Waals surface area contributed by atoms with E-state index in [-0.39, 0.29) is 11.9 Å². The van der Waals surface area contributed by atoms with Crippen molar-refractivity contribution < 1.29 is 14.3 Å². The molecule has 0 spiro atoms. The first kappa shape index (κ1) is 19.6. The minimum Gasteiger partial charge on any atom is -0.493 e. The average molecular weight is 396 g/mol. The standard InChI is InChI=1S/C22H28N4O3/c1-25-10-8-17-16(14-25)13-23-22(24-17)18-5-4-9-26(18)21(27)12-15-6-7-19(28-2)20(11-15)29-3/h6-7,11,13,18H,4-5,8-10,12,14H2,1-3H3. The van der Waals surface area contributed by atoms with Crippen molar-refractivity contribution in [3.8, 4) is 11.5 Å². The molecule has 7 heteroatoms. The predicted molar refractivity (Wildman–Crippen MR) is 109 cm³/mol. The predicted octanol–water partition coefficient (Wildman–Crippen LogP) is 2.39. The molecule has 154 valence electrons. The molecule has 1 unspecified atom stereocenters. The highest BCUT2D eigenvalue weighted by Gasteiger charge is 2.32. The number of carbonyl (C=O) groups is 1. The molecule has 1 aromatic heterocycles. The van der Waals surface area contributed by atoms with Gasteiger partial charge in [0, 0.05) is 43.5 Å².